The Morgan fingerprint density at radius 2 is 2.05 bits per heavy atom. The second kappa shape index (κ2) is 5.91. The van der Waals surface area contributed by atoms with Crippen molar-refractivity contribution in [2.75, 3.05) is 5.73 Å². The molecular weight excluding hydrogens is 272 g/mol. The van der Waals surface area contributed by atoms with Gasteiger partial charge in [-0.3, -0.25) is 0 Å². The highest BCUT2D eigenvalue weighted by molar-refractivity contribution is 7.18. The molecule has 0 aromatic carbocycles. The van der Waals surface area contributed by atoms with Gasteiger partial charge in [0, 0.05) is 5.92 Å². The third-order valence-electron chi connectivity index (χ3n) is 3.81. The Labute approximate surface area is 122 Å². The van der Waals surface area contributed by atoms with E-state index in [0.29, 0.717) is 16.9 Å². The first-order chi connectivity index (χ1) is 9.78. The third-order valence-corrected chi connectivity index (χ3v) is 4.72. The molecule has 2 heterocycles. The van der Waals surface area contributed by atoms with Crippen LogP contribution in [0.1, 0.15) is 62.9 Å². The van der Waals surface area contributed by atoms with E-state index in [4.69, 9.17) is 10.3 Å². The first-order valence-electron chi connectivity index (χ1n) is 7.37. The van der Waals surface area contributed by atoms with E-state index in [1.165, 1.54) is 43.4 Å². The van der Waals surface area contributed by atoms with E-state index in [-0.39, 0.29) is 0 Å². The van der Waals surface area contributed by atoms with Crippen LogP contribution in [0, 0.1) is 0 Å². The van der Waals surface area contributed by atoms with Crippen LogP contribution in [0.2, 0.25) is 0 Å². The molecule has 1 saturated carbocycles. The summed E-state index contributed by atoms with van der Waals surface area (Å²) in [6.07, 6.45) is 8.13. The van der Waals surface area contributed by atoms with E-state index in [1.807, 2.05) is 0 Å². The molecule has 1 fully saturated rings. The average Bonchev–Trinajstić information content (AvgIpc) is 3.07. The van der Waals surface area contributed by atoms with Gasteiger partial charge in [-0.15, -0.1) is 0 Å². The Morgan fingerprint density at radius 3 is 2.80 bits per heavy atom. The van der Waals surface area contributed by atoms with Gasteiger partial charge in [0.05, 0.1) is 5.69 Å². The first kappa shape index (κ1) is 13.5. The number of nitrogen functional groups attached to an aromatic ring is 1. The highest BCUT2D eigenvalue weighted by atomic mass is 32.1. The average molecular weight is 292 g/mol. The van der Waals surface area contributed by atoms with Crippen molar-refractivity contribution in [1.29, 1.82) is 0 Å². The Balaban J connectivity index is 1.85. The molecule has 1 aliphatic rings. The van der Waals surface area contributed by atoms with Gasteiger partial charge in [0.2, 0.25) is 0 Å². The number of nitrogens with zero attached hydrogens (tertiary/aromatic N) is 3. The maximum Gasteiger partial charge on any atom is 0.270 e. The number of nitrogens with two attached hydrogens (primary N) is 1. The van der Waals surface area contributed by atoms with Crippen molar-refractivity contribution in [2.24, 2.45) is 0 Å². The van der Waals surface area contributed by atoms with E-state index in [1.54, 1.807) is 0 Å². The quantitative estimate of drug-likeness (QED) is 0.928. The van der Waals surface area contributed by atoms with Gasteiger partial charge in [0.25, 0.3) is 5.89 Å². The minimum Gasteiger partial charge on any atom is -0.375 e. The Kier molecular flexibility index (Phi) is 4.00. The highest BCUT2D eigenvalue weighted by Gasteiger charge is 2.23. The molecule has 108 valence electrons. The van der Waals surface area contributed by atoms with Gasteiger partial charge < -0.3 is 10.3 Å². The molecule has 6 heteroatoms. The molecule has 0 atom stereocenters. The summed E-state index contributed by atoms with van der Waals surface area (Å²) in [6.45, 7) is 2.13. The van der Waals surface area contributed by atoms with Crippen molar-refractivity contribution in [2.45, 2.75) is 57.8 Å². The van der Waals surface area contributed by atoms with Crippen LogP contribution in [0.5, 0.6) is 0 Å². The predicted molar refractivity (Wildman–Crippen MR) is 79.6 cm³/mol. The molecule has 5 nitrogen and oxygen atoms in total. The monoisotopic (exact) mass is 292 g/mol. The van der Waals surface area contributed by atoms with Gasteiger partial charge in [0.1, 0.15) is 4.88 Å². The van der Waals surface area contributed by atoms with Crippen LogP contribution in [-0.4, -0.2) is 15.1 Å². The lowest BCUT2D eigenvalue weighted by Gasteiger charge is -2.17. The lowest BCUT2D eigenvalue weighted by molar-refractivity contribution is 0.385. The van der Waals surface area contributed by atoms with Gasteiger partial charge in [-0.25, -0.2) is 4.98 Å². The van der Waals surface area contributed by atoms with Crippen LogP contribution in [0.3, 0.4) is 0 Å². The maximum absolute atomic E-state index is 5.81. The van der Waals surface area contributed by atoms with Crippen LogP contribution < -0.4 is 5.73 Å². The summed E-state index contributed by atoms with van der Waals surface area (Å²) >= 11 is 1.44. The zero-order valence-corrected chi connectivity index (χ0v) is 12.6. The number of aryl methyl sites for hydroxylation is 1. The summed E-state index contributed by atoms with van der Waals surface area (Å²) < 4.78 is 5.46. The Bertz CT molecular complexity index is 571. The first-order valence-corrected chi connectivity index (χ1v) is 8.18. The molecule has 3 rings (SSSR count). The van der Waals surface area contributed by atoms with E-state index < -0.39 is 0 Å². The topological polar surface area (TPSA) is 77.8 Å². The number of hydrogen-bond donors (Lipinski definition) is 1. The molecule has 20 heavy (non-hydrogen) atoms. The van der Waals surface area contributed by atoms with Gasteiger partial charge in [-0.05, 0) is 19.3 Å². The van der Waals surface area contributed by atoms with E-state index >= 15 is 0 Å². The molecule has 2 N–H and O–H groups in total. The lowest BCUT2D eigenvalue weighted by Crippen LogP contribution is -2.06. The number of hydrogen-bond acceptors (Lipinski definition) is 6. The van der Waals surface area contributed by atoms with Gasteiger partial charge in [-0.1, -0.05) is 49.1 Å². The second-order valence-corrected chi connectivity index (χ2v) is 6.40. The van der Waals surface area contributed by atoms with Gasteiger partial charge in [-0.2, -0.15) is 4.98 Å². The van der Waals surface area contributed by atoms with Crippen molar-refractivity contribution in [1.82, 2.24) is 15.1 Å². The minimum atomic E-state index is 0.459. The highest BCUT2D eigenvalue weighted by Crippen LogP contribution is 2.35. The summed E-state index contributed by atoms with van der Waals surface area (Å²) in [5.74, 6) is 1.90. The van der Waals surface area contributed by atoms with Crippen LogP contribution in [0.15, 0.2) is 4.52 Å². The smallest absolute Gasteiger partial charge is 0.270 e. The van der Waals surface area contributed by atoms with Crippen molar-refractivity contribution >= 4 is 16.5 Å². The normalized spacial score (nSPS) is 16.6. The fraction of sp³-hybridized carbons (Fsp3) is 0.643. The maximum atomic E-state index is 5.81. The molecule has 0 unspecified atom stereocenters. The molecule has 0 radical (unpaired) electrons. The molecule has 1 aliphatic carbocycles. The molecular formula is C14H20N4OS. The van der Waals surface area contributed by atoms with Crippen LogP contribution >= 0.6 is 11.3 Å². The molecule has 0 amide bonds. The van der Waals surface area contributed by atoms with Crippen molar-refractivity contribution in [3.8, 4) is 10.8 Å². The molecule has 0 bridgehead atoms. The van der Waals surface area contributed by atoms with E-state index in [9.17, 15) is 0 Å². The summed E-state index contributed by atoms with van der Waals surface area (Å²) in [4.78, 5) is 9.91. The summed E-state index contributed by atoms with van der Waals surface area (Å²) in [5.41, 5.74) is 6.79. The lowest BCUT2D eigenvalue weighted by atomic mass is 9.89. The molecule has 0 saturated heterocycles. The standard InChI is InChI=1S/C14H20N4OS/c1-2-6-10-11(20-14(15)16-10)13-17-12(18-19-13)9-7-4-3-5-8-9/h9H,2-8H2,1H3,(H2,15,16). The molecule has 2 aromatic rings. The SMILES string of the molecule is CCCc1nc(N)sc1-c1nc(C2CCCCC2)no1. The Hall–Kier alpha value is -1.43. The zero-order valence-electron chi connectivity index (χ0n) is 11.8. The van der Waals surface area contributed by atoms with Crippen LogP contribution in [0.25, 0.3) is 10.8 Å². The summed E-state index contributed by atoms with van der Waals surface area (Å²) in [5, 5.41) is 4.75. The number of anilines is 1. The fourth-order valence-corrected chi connectivity index (χ4v) is 3.60. The van der Waals surface area contributed by atoms with Crippen molar-refractivity contribution < 1.29 is 4.52 Å². The van der Waals surface area contributed by atoms with Gasteiger partial charge in [0.15, 0.2) is 11.0 Å². The number of aromatic nitrogens is 3. The predicted octanol–water partition coefficient (Wildman–Crippen LogP) is 3.78. The van der Waals surface area contributed by atoms with Gasteiger partial charge >= 0.3 is 0 Å². The van der Waals surface area contributed by atoms with E-state index in [0.717, 1.165) is 29.2 Å². The molecule has 0 spiro atoms. The van der Waals surface area contributed by atoms with Crippen molar-refractivity contribution in [3.63, 3.8) is 0 Å². The fourth-order valence-electron chi connectivity index (χ4n) is 2.80. The second-order valence-electron chi connectivity index (χ2n) is 5.37. The zero-order chi connectivity index (χ0) is 13.9. The minimum absolute atomic E-state index is 0.459. The summed E-state index contributed by atoms with van der Waals surface area (Å²) in [6, 6.07) is 0. The largest absolute Gasteiger partial charge is 0.375 e. The molecule has 2 aromatic heterocycles. The third kappa shape index (κ3) is 2.70. The summed E-state index contributed by atoms with van der Waals surface area (Å²) in [7, 11) is 0. The molecule has 0 aliphatic heterocycles. The number of thiazole rings is 1. The van der Waals surface area contributed by atoms with Crippen LogP contribution in [0.4, 0.5) is 5.13 Å². The van der Waals surface area contributed by atoms with E-state index in [2.05, 4.69) is 22.0 Å². The van der Waals surface area contributed by atoms with Crippen LogP contribution in [-0.2, 0) is 6.42 Å². The number of rotatable bonds is 4. The Morgan fingerprint density at radius 1 is 1.25 bits per heavy atom. The van der Waals surface area contributed by atoms with Crippen molar-refractivity contribution in [3.05, 3.63) is 11.5 Å².